The predicted molar refractivity (Wildman–Crippen MR) is 59.5 cm³/mol. The quantitative estimate of drug-likeness (QED) is 0.510. The number of carbonyl (C=O) groups excluding carboxylic acids is 1. The molecule has 0 spiro atoms. The smallest absolute Gasteiger partial charge is 0.166 e. The van der Waals surface area contributed by atoms with Gasteiger partial charge in [0, 0.05) is 12.0 Å². The number of rotatable bonds is 5. The first-order chi connectivity index (χ1) is 6.79. The van der Waals surface area contributed by atoms with Crippen LogP contribution in [0.1, 0.15) is 22.3 Å². The Bertz CT molecular complexity index is 350. The van der Waals surface area contributed by atoms with Gasteiger partial charge >= 0.3 is 0 Å². The highest BCUT2D eigenvalue weighted by Gasteiger charge is 2.07. The Kier molecular flexibility index (Phi) is 3.86. The first kappa shape index (κ1) is 10.5. The standard InChI is InChI=1S/C13H14O/c1-3-7-11-9-5-6-10-12(11)13(14)8-4-2/h3-6,9-10H,1-2,7-8H2. The fourth-order valence-corrected chi connectivity index (χ4v) is 1.37. The summed E-state index contributed by atoms with van der Waals surface area (Å²) in [6.45, 7) is 7.23. The van der Waals surface area contributed by atoms with E-state index in [9.17, 15) is 4.79 Å². The minimum atomic E-state index is 0.123. The van der Waals surface area contributed by atoms with E-state index in [4.69, 9.17) is 0 Å². The van der Waals surface area contributed by atoms with Crippen LogP contribution in [0.15, 0.2) is 49.6 Å². The Morgan fingerprint density at radius 2 is 1.93 bits per heavy atom. The second kappa shape index (κ2) is 5.18. The number of carbonyl (C=O) groups is 1. The molecule has 0 atom stereocenters. The molecule has 1 nitrogen and oxygen atoms in total. The van der Waals surface area contributed by atoms with E-state index < -0.39 is 0 Å². The van der Waals surface area contributed by atoms with Crippen LogP contribution in [0, 0.1) is 0 Å². The van der Waals surface area contributed by atoms with Gasteiger partial charge in [-0.2, -0.15) is 0 Å². The molecule has 0 saturated carbocycles. The van der Waals surface area contributed by atoms with Gasteiger partial charge in [0.2, 0.25) is 0 Å². The number of hydrogen-bond acceptors (Lipinski definition) is 1. The highest BCUT2D eigenvalue weighted by Crippen LogP contribution is 2.12. The maximum atomic E-state index is 11.6. The van der Waals surface area contributed by atoms with Crippen molar-refractivity contribution < 1.29 is 4.79 Å². The Balaban J connectivity index is 2.99. The molecule has 0 aliphatic carbocycles. The minimum Gasteiger partial charge on any atom is -0.294 e. The molecule has 1 aromatic carbocycles. The lowest BCUT2D eigenvalue weighted by atomic mass is 9.99. The van der Waals surface area contributed by atoms with Crippen molar-refractivity contribution in [1.82, 2.24) is 0 Å². The van der Waals surface area contributed by atoms with Crippen molar-refractivity contribution in [2.24, 2.45) is 0 Å². The van der Waals surface area contributed by atoms with Crippen LogP contribution >= 0.6 is 0 Å². The molecule has 0 radical (unpaired) electrons. The third-order valence-corrected chi connectivity index (χ3v) is 2.01. The summed E-state index contributed by atoms with van der Waals surface area (Å²) in [7, 11) is 0. The van der Waals surface area contributed by atoms with E-state index >= 15 is 0 Å². The summed E-state index contributed by atoms with van der Waals surface area (Å²) in [6.07, 6.45) is 4.57. The molecular formula is C13H14O. The van der Waals surface area contributed by atoms with Crippen LogP contribution in [0.25, 0.3) is 0 Å². The zero-order valence-electron chi connectivity index (χ0n) is 8.20. The zero-order chi connectivity index (χ0) is 10.4. The average molecular weight is 186 g/mol. The number of hydrogen-bond donors (Lipinski definition) is 0. The molecule has 0 unspecified atom stereocenters. The van der Waals surface area contributed by atoms with E-state index in [-0.39, 0.29) is 5.78 Å². The van der Waals surface area contributed by atoms with Gasteiger partial charge in [0.25, 0.3) is 0 Å². The van der Waals surface area contributed by atoms with Gasteiger partial charge in [0.1, 0.15) is 0 Å². The third kappa shape index (κ3) is 2.43. The van der Waals surface area contributed by atoms with Gasteiger partial charge in [-0.1, -0.05) is 36.4 Å². The second-order valence-corrected chi connectivity index (χ2v) is 3.07. The molecule has 1 aromatic rings. The van der Waals surface area contributed by atoms with Crippen LogP contribution < -0.4 is 0 Å². The van der Waals surface area contributed by atoms with Crippen molar-refractivity contribution in [3.63, 3.8) is 0 Å². The summed E-state index contributed by atoms with van der Waals surface area (Å²) >= 11 is 0. The molecule has 0 heterocycles. The Labute approximate surface area is 84.8 Å². The Morgan fingerprint density at radius 3 is 2.57 bits per heavy atom. The molecule has 0 amide bonds. The molecule has 0 N–H and O–H groups in total. The van der Waals surface area contributed by atoms with E-state index in [1.54, 1.807) is 12.2 Å². The van der Waals surface area contributed by atoms with Gasteiger partial charge in [0.05, 0.1) is 0 Å². The molecular weight excluding hydrogens is 172 g/mol. The summed E-state index contributed by atoms with van der Waals surface area (Å²) in [4.78, 5) is 11.6. The zero-order valence-corrected chi connectivity index (χ0v) is 8.20. The van der Waals surface area contributed by atoms with E-state index in [0.717, 1.165) is 17.5 Å². The van der Waals surface area contributed by atoms with Crippen molar-refractivity contribution in [2.75, 3.05) is 0 Å². The molecule has 1 heteroatoms. The monoisotopic (exact) mass is 186 g/mol. The molecule has 0 fully saturated rings. The maximum Gasteiger partial charge on any atom is 0.166 e. The van der Waals surface area contributed by atoms with Crippen LogP contribution in [0.2, 0.25) is 0 Å². The first-order valence-corrected chi connectivity index (χ1v) is 4.62. The van der Waals surface area contributed by atoms with Crippen molar-refractivity contribution in [1.29, 1.82) is 0 Å². The predicted octanol–water partition coefficient (Wildman–Crippen LogP) is 3.17. The van der Waals surface area contributed by atoms with Crippen LogP contribution in [-0.4, -0.2) is 5.78 Å². The van der Waals surface area contributed by atoms with E-state index in [2.05, 4.69) is 13.2 Å². The Hall–Kier alpha value is -1.63. The molecule has 0 aromatic heterocycles. The normalized spacial score (nSPS) is 9.43. The van der Waals surface area contributed by atoms with Crippen LogP contribution in [-0.2, 0) is 6.42 Å². The number of ketones is 1. The summed E-state index contributed by atoms with van der Waals surface area (Å²) in [5, 5.41) is 0. The molecule has 14 heavy (non-hydrogen) atoms. The lowest BCUT2D eigenvalue weighted by Gasteiger charge is -2.04. The molecule has 0 bridgehead atoms. The van der Waals surface area contributed by atoms with E-state index in [1.807, 2.05) is 24.3 Å². The number of allylic oxidation sites excluding steroid dienone is 2. The Morgan fingerprint density at radius 1 is 1.21 bits per heavy atom. The summed E-state index contributed by atoms with van der Waals surface area (Å²) < 4.78 is 0. The van der Waals surface area contributed by atoms with Crippen molar-refractivity contribution in [3.05, 3.63) is 60.7 Å². The van der Waals surface area contributed by atoms with Gasteiger partial charge in [-0.15, -0.1) is 13.2 Å². The molecule has 0 aliphatic heterocycles. The van der Waals surface area contributed by atoms with E-state index in [1.165, 1.54) is 0 Å². The fraction of sp³-hybridized carbons (Fsp3) is 0.154. The molecule has 0 aliphatic rings. The van der Waals surface area contributed by atoms with Crippen molar-refractivity contribution in [3.8, 4) is 0 Å². The summed E-state index contributed by atoms with van der Waals surface area (Å²) in [5.41, 5.74) is 1.82. The van der Waals surface area contributed by atoms with Gasteiger partial charge in [-0.25, -0.2) is 0 Å². The van der Waals surface area contributed by atoms with E-state index in [0.29, 0.717) is 6.42 Å². The lowest BCUT2D eigenvalue weighted by Crippen LogP contribution is -2.01. The first-order valence-electron chi connectivity index (χ1n) is 4.62. The molecule has 72 valence electrons. The fourth-order valence-electron chi connectivity index (χ4n) is 1.37. The molecule has 1 rings (SSSR count). The average Bonchev–Trinajstić information content (AvgIpc) is 2.19. The minimum absolute atomic E-state index is 0.123. The largest absolute Gasteiger partial charge is 0.294 e. The van der Waals surface area contributed by atoms with Crippen molar-refractivity contribution in [2.45, 2.75) is 12.8 Å². The number of benzene rings is 1. The highest BCUT2D eigenvalue weighted by molar-refractivity contribution is 5.98. The van der Waals surface area contributed by atoms with Gasteiger partial charge < -0.3 is 0 Å². The van der Waals surface area contributed by atoms with Gasteiger partial charge in [-0.3, -0.25) is 4.79 Å². The van der Waals surface area contributed by atoms with Crippen LogP contribution in [0.3, 0.4) is 0 Å². The van der Waals surface area contributed by atoms with Gasteiger partial charge in [0.15, 0.2) is 5.78 Å². The third-order valence-electron chi connectivity index (χ3n) is 2.01. The lowest BCUT2D eigenvalue weighted by molar-refractivity contribution is 0.0995. The SMILES string of the molecule is C=CCC(=O)c1ccccc1CC=C. The summed E-state index contributed by atoms with van der Waals surface area (Å²) in [5.74, 6) is 0.123. The second-order valence-electron chi connectivity index (χ2n) is 3.07. The van der Waals surface area contributed by atoms with Crippen molar-refractivity contribution >= 4 is 5.78 Å². The molecule has 0 saturated heterocycles. The van der Waals surface area contributed by atoms with Crippen LogP contribution in [0.5, 0.6) is 0 Å². The topological polar surface area (TPSA) is 17.1 Å². The van der Waals surface area contributed by atoms with Gasteiger partial charge in [-0.05, 0) is 12.0 Å². The maximum absolute atomic E-state index is 11.6. The number of Topliss-reactive ketones (excluding diaryl/α,β-unsaturated/α-hetero) is 1. The van der Waals surface area contributed by atoms with Crippen LogP contribution in [0.4, 0.5) is 0 Å². The highest BCUT2D eigenvalue weighted by atomic mass is 16.1. The summed E-state index contributed by atoms with van der Waals surface area (Å²) in [6, 6.07) is 7.62.